The second-order valence-electron chi connectivity index (χ2n) is 4.61. The zero-order chi connectivity index (χ0) is 11.5. The predicted octanol–water partition coefficient (Wildman–Crippen LogP) is 1.35. The summed E-state index contributed by atoms with van der Waals surface area (Å²) in [7, 11) is 2.05. The van der Waals surface area contributed by atoms with Gasteiger partial charge in [0.25, 0.3) is 0 Å². The summed E-state index contributed by atoms with van der Waals surface area (Å²) in [5.74, 6) is 4.27. The van der Waals surface area contributed by atoms with Crippen molar-refractivity contribution in [3.05, 3.63) is 12.2 Å². The summed E-state index contributed by atoms with van der Waals surface area (Å²) >= 11 is 2.03. The molecule has 0 amide bonds. The molecule has 0 aliphatic carbocycles. The lowest BCUT2D eigenvalue weighted by Crippen LogP contribution is -2.34. The maximum atomic E-state index is 4.38. The van der Waals surface area contributed by atoms with Gasteiger partial charge >= 0.3 is 0 Å². The molecule has 2 atom stereocenters. The first-order chi connectivity index (χ1) is 7.72. The van der Waals surface area contributed by atoms with Gasteiger partial charge in [-0.3, -0.25) is 0 Å². The molecule has 0 spiro atoms. The van der Waals surface area contributed by atoms with E-state index in [1.54, 1.807) is 6.33 Å². The van der Waals surface area contributed by atoms with Crippen LogP contribution in [-0.2, 0) is 6.42 Å². The van der Waals surface area contributed by atoms with Crippen molar-refractivity contribution < 1.29 is 0 Å². The molecule has 1 saturated heterocycles. The Kier molecular flexibility index (Phi) is 3.86. The Labute approximate surface area is 101 Å². The van der Waals surface area contributed by atoms with Crippen molar-refractivity contribution in [2.24, 2.45) is 5.92 Å². The minimum Gasteiger partial charge on any atom is -0.316 e. The van der Waals surface area contributed by atoms with Crippen LogP contribution in [0.3, 0.4) is 0 Å². The molecule has 2 heterocycles. The Morgan fingerprint density at radius 1 is 1.56 bits per heavy atom. The molecular formula is C11H20N4S. The number of rotatable bonds is 4. The normalized spacial score (nSPS) is 25.5. The minimum absolute atomic E-state index is 0.402. The van der Waals surface area contributed by atoms with Crippen molar-refractivity contribution in [3.63, 3.8) is 0 Å². The molecule has 1 aliphatic rings. The summed E-state index contributed by atoms with van der Waals surface area (Å²) in [4.78, 5) is 4.38. The molecule has 1 aromatic rings. The molecular weight excluding hydrogens is 220 g/mol. The van der Waals surface area contributed by atoms with Crippen LogP contribution < -0.4 is 5.32 Å². The first-order valence-corrected chi connectivity index (χ1v) is 7.01. The van der Waals surface area contributed by atoms with E-state index in [9.17, 15) is 0 Å². The van der Waals surface area contributed by atoms with Crippen LogP contribution in [0.1, 0.15) is 25.7 Å². The van der Waals surface area contributed by atoms with Crippen LogP contribution in [-0.4, -0.2) is 39.4 Å². The molecule has 4 nitrogen and oxygen atoms in total. The molecule has 0 bridgehead atoms. The van der Waals surface area contributed by atoms with Crippen LogP contribution in [0.25, 0.3) is 0 Å². The molecule has 1 fully saturated rings. The van der Waals surface area contributed by atoms with E-state index >= 15 is 0 Å². The highest BCUT2D eigenvalue weighted by Crippen LogP contribution is 2.27. The van der Waals surface area contributed by atoms with Gasteiger partial charge < -0.3 is 5.32 Å². The Bertz CT molecular complexity index is 336. The van der Waals surface area contributed by atoms with E-state index in [-0.39, 0.29) is 0 Å². The highest BCUT2D eigenvalue weighted by atomic mass is 32.2. The Hall–Kier alpha value is -0.550. The summed E-state index contributed by atoms with van der Waals surface area (Å²) in [6.45, 7) is 4.30. The smallest absolute Gasteiger partial charge is 0.138 e. The zero-order valence-electron chi connectivity index (χ0n) is 10.2. The molecule has 1 aliphatic heterocycles. The molecule has 2 unspecified atom stereocenters. The third-order valence-corrected chi connectivity index (χ3v) is 4.41. The van der Waals surface area contributed by atoms with Crippen molar-refractivity contribution in [2.75, 3.05) is 18.6 Å². The van der Waals surface area contributed by atoms with Crippen molar-refractivity contribution in [1.82, 2.24) is 20.1 Å². The molecule has 90 valence electrons. The number of hydrogen-bond acceptors (Lipinski definition) is 4. The fraction of sp³-hybridized carbons (Fsp3) is 0.818. The standard InChI is InChI=1S/C11H20N4S/c1-8(2)15-11(13-7-14-15)4-9-5-16-6-10(9)12-3/h7-10,12H,4-6H2,1-3H3. The van der Waals surface area contributed by atoms with Gasteiger partial charge in [0.1, 0.15) is 12.2 Å². The molecule has 16 heavy (non-hydrogen) atoms. The molecule has 5 heteroatoms. The molecule has 0 radical (unpaired) electrons. The Morgan fingerprint density at radius 3 is 3.06 bits per heavy atom. The predicted molar refractivity (Wildman–Crippen MR) is 67.8 cm³/mol. The van der Waals surface area contributed by atoms with E-state index in [0.29, 0.717) is 18.0 Å². The van der Waals surface area contributed by atoms with Crippen molar-refractivity contribution in [2.45, 2.75) is 32.4 Å². The Morgan fingerprint density at radius 2 is 2.38 bits per heavy atom. The Balaban J connectivity index is 2.05. The molecule has 1 aromatic heterocycles. The van der Waals surface area contributed by atoms with E-state index in [2.05, 4.69) is 36.3 Å². The summed E-state index contributed by atoms with van der Waals surface area (Å²) < 4.78 is 2.04. The maximum Gasteiger partial charge on any atom is 0.138 e. The van der Waals surface area contributed by atoms with Crippen LogP contribution >= 0.6 is 11.8 Å². The number of thioether (sulfide) groups is 1. The van der Waals surface area contributed by atoms with E-state index in [1.165, 1.54) is 11.5 Å². The quantitative estimate of drug-likeness (QED) is 0.863. The van der Waals surface area contributed by atoms with Gasteiger partial charge in [0.05, 0.1) is 0 Å². The molecule has 2 rings (SSSR count). The van der Waals surface area contributed by atoms with Gasteiger partial charge in [-0.2, -0.15) is 16.9 Å². The topological polar surface area (TPSA) is 42.7 Å². The summed E-state index contributed by atoms with van der Waals surface area (Å²) in [6.07, 6.45) is 2.71. The fourth-order valence-electron chi connectivity index (χ4n) is 2.20. The monoisotopic (exact) mass is 240 g/mol. The van der Waals surface area contributed by atoms with Gasteiger partial charge in [-0.1, -0.05) is 0 Å². The van der Waals surface area contributed by atoms with Crippen LogP contribution in [0.5, 0.6) is 0 Å². The number of nitrogens with one attached hydrogen (secondary N) is 1. The van der Waals surface area contributed by atoms with Gasteiger partial charge in [-0.25, -0.2) is 9.67 Å². The third-order valence-electron chi connectivity index (χ3n) is 3.15. The lowest BCUT2D eigenvalue weighted by molar-refractivity contribution is 0.420. The van der Waals surface area contributed by atoms with Crippen LogP contribution in [0.4, 0.5) is 0 Å². The fourth-order valence-corrected chi connectivity index (χ4v) is 3.69. The van der Waals surface area contributed by atoms with Gasteiger partial charge in [-0.05, 0) is 32.6 Å². The molecule has 1 N–H and O–H groups in total. The average molecular weight is 240 g/mol. The highest BCUT2D eigenvalue weighted by molar-refractivity contribution is 7.99. The second-order valence-corrected chi connectivity index (χ2v) is 5.69. The number of aromatic nitrogens is 3. The second kappa shape index (κ2) is 5.19. The summed E-state index contributed by atoms with van der Waals surface area (Å²) in [5.41, 5.74) is 0. The van der Waals surface area contributed by atoms with Crippen molar-refractivity contribution in [1.29, 1.82) is 0 Å². The lowest BCUT2D eigenvalue weighted by atomic mass is 9.99. The summed E-state index contributed by atoms with van der Waals surface area (Å²) in [5, 5.41) is 7.68. The minimum atomic E-state index is 0.402. The van der Waals surface area contributed by atoms with E-state index in [4.69, 9.17) is 0 Å². The first kappa shape index (κ1) is 11.9. The largest absolute Gasteiger partial charge is 0.316 e. The van der Waals surface area contributed by atoms with Crippen molar-refractivity contribution in [3.8, 4) is 0 Å². The van der Waals surface area contributed by atoms with Gasteiger partial charge in [0.15, 0.2) is 0 Å². The van der Waals surface area contributed by atoms with Crippen LogP contribution in [0.15, 0.2) is 6.33 Å². The third kappa shape index (κ3) is 2.40. The van der Waals surface area contributed by atoms with Gasteiger partial charge in [-0.15, -0.1) is 0 Å². The van der Waals surface area contributed by atoms with E-state index in [1.807, 2.05) is 16.4 Å². The number of nitrogens with zero attached hydrogens (tertiary/aromatic N) is 3. The van der Waals surface area contributed by atoms with Crippen molar-refractivity contribution >= 4 is 11.8 Å². The highest BCUT2D eigenvalue weighted by Gasteiger charge is 2.28. The molecule has 0 aromatic carbocycles. The SMILES string of the molecule is CNC1CSCC1Cc1ncnn1C(C)C. The van der Waals surface area contributed by atoms with Crippen LogP contribution in [0.2, 0.25) is 0 Å². The van der Waals surface area contributed by atoms with Crippen LogP contribution in [0, 0.1) is 5.92 Å². The molecule has 0 saturated carbocycles. The number of hydrogen-bond donors (Lipinski definition) is 1. The van der Waals surface area contributed by atoms with Gasteiger partial charge in [0, 0.05) is 24.3 Å². The first-order valence-electron chi connectivity index (χ1n) is 5.85. The maximum absolute atomic E-state index is 4.38. The van der Waals surface area contributed by atoms with E-state index < -0.39 is 0 Å². The average Bonchev–Trinajstić information content (AvgIpc) is 2.86. The van der Waals surface area contributed by atoms with E-state index in [0.717, 1.165) is 12.2 Å². The van der Waals surface area contributed by atoms with Gasteiger partial charge in [0.2, 0.25) is 0 Å². The summed E-state index contributed by atoms with van der Waals surface area (Å²) in [6, 6.07) is 1.03. The zero-order valence-corrected chi connectivity index (χ0v) is 11.0. The lowest BCUT2D eigenvalue weighted by Gasteiger charge is -2.18.